The summed E-state index contributed by atoms with van der Waals surface area (Å²) in [7, 11) is 0. The molecule has 0 aromatic heterocycles. The van der Waals surface area contributed by atoms with Gasteiger partial charge in [-0.1, -0.05) is 0 Å². The molecule has 0 aliphatic rings. The number of hydrogen-bond donors (Lipinski definition) is 2. The molecule has 0 saturated carbocycles. The minimum absolute atomic E-state index is 0.405. The zero-order chi connectivity index (χ0) is 15.0. The van der Waals surface area contributed by atoms with E-state index in [2.05, 4.69) is 0 Å². The topological polar surface area (TPSA) is 89.4 Å². The van der Waals surface area contributed by atoms with Gasteiger partial charge in [0, 0.05) is 6.07 Å². The molecule has 0 unspecified atom stereocenters. The van der Waals surface area contributed by atoms with E-state index in [-0.39, 0.29) is 0 Å². The highest BCUT2D eigenvalue weighted by molar-refractivity contribution is 5.47. The van der Waals surface area contributed by atoms with Gasteiger partial charge in [-0.05, 0) is 12.1 Å². The predicted molar refractivity (Wildman–Crippen MR) is 52.7 cm³/mol. The average Bonchev–Trinajstić information content (AvgIpc) is 2.25. The maximum Gasteiger partial charge on any atom is 0.455 e. The Labute approximate surface area is 102 Å². The van der Waals surface area contributed by atoms with Gasteiger partial charge in [-0.2, -0.15) is 22.0 Å². The van der Waals surface area contributed by atoms with Gasteiger partial charge in [0.2, 0.25) is 0 Å². The fourth-order valence-electron chi connectivity index (χ4n) is 1.33. The second kappa shape index (κ2) is 4.61. The molecule has 0 heterocycles. The third kappa shape index (κ3) is 2.72. The van der Waals surface area contributed by atoms with Crippen molar-refractivity contribution in [3.8, 4) is 5.75 Å². The number of hydrogen-bond acceptors (Lipinski definition) is 4. The summed E-state index contributed by atoms with van der Waals surface area (Å²) in [6.45, 7) is 0. The van der Waals surface area contributed by atoms with Gasteiger partial charge in [-0.3, -0.25) is 10.1 Å². The fourth-order valence-corrected chi connectivity index (χ4v) is 1.33. The van der Waals surface area contributed by atoms with Crippen molar-refractivity contribution in [2.75, 3.05) is 0 Å². The van der Waals surface area contributed by atoms with Gasteiger partial charge in [-0.15, -0.1) is 0 Å². The highest BCUT2D eigenvalue weighted by Crippen LogP contribution is 2.45. The van der Waals surface area contributed by atoms with E-state index in [4.69, 9.17) is 10.8 Å². The number of phenolic OH excluding ortho intramolecular Hbond substituents is 1. The van der Waals surface area contributed by atoms with Crippen molar-refractivity contribution in [2.24, 2.45) is 5.73 Å². The van der Waals surface area contributed by atoms with Crippen molar-refractivity contribution in [3.05, 3.63) is 33.9 Å². The first-order chi connectivity index (χ1) is 8.48. The van der Waals surface area contributed by atoms with E-state index in [1.54, 1.807) is 0 Å². The maximum atomic E-state index is 13.0. The quantitative estimate of drug-likeness (QED) is 0.507. The maximum absolute atomic E-state index is 13.0. The summed E-state index contributed by atoms with van der Waals surface area (Å²) in [6.07, 6.45) is -5.97. The van der Waals surface area contributed by atoms with Gasteiger partial charge >= 0.3 is 12.1 Å². The first kappa shape index (κ1) is 15.1. The minimum atomic E-state index is -5.97. The highest BCUT2D eigenvalue weighted by atomic mass is 19.4. The normalized spacial score (nSPS) is 14.2. The monoisotopic (exact) mass is 286 g/mol. The second-order valence-electron chi connectivity index (χ2n) is 3.60. The number of benzene rings is 1. The van der Waals surface area contributed by atoms with Gasteiger partial charge in [0.05, 0.1) is 10.5 Å². The van der Waals surface area contributed by atoms with Gasteiger partial charge in [0.25, 0.3) is 5.69 Å². The molecular weight excluding hydrogens is 279 g/mol. The van der Waals surface area contributed by atoms with Gasteiger partial charge in [0.1, 0.15) is 11.8 Å². The lowest BCUT2D eigenvalue weighted by Gasteiger charge is -2.25. The first-order valence-corrected chi connectivity index (χ1v) is 4.66. The fraction of sp³-hybridized carbons (Fsp3) is 0.333. The van der Waals surface area contributed by atoms with E-state index in [0.717, 1.165) is 6.07 Å². The van der Waals surface area contributed by atoms with E-state index < -0.39 is 40.1 Å². The van der Waals surface area contributed by atoms with Crippen molar-refractivity contribution < 1.29 is 32.0 Å². The van der Waals surface area contributed by atoms with Crippen LogP contribution >= 0.6 is 0 Å². The van der Waals surface area contributed by atoms with E-state index in [9.17, 15) is 32.1 Å². The summed E-state index contributed by atoms with van der Waals surface area (Å²) >= 11 is 0. The Kier molecular flexibility index (Phi) is 3.66. The number of nitrogens with zero attached hydrogens (tertiary/aromatic N) is 1. The van der Waals surface area contributed by atoms with Crippen LogP contribution in [0.3, 0.4) is 0 Å². The number of alkyl halides is 5. The molecule has 0 amide bonds. The van der Waals surface area contributed by atoms with Gasteiger partial charge in [-0.25, -0.2) is 0 Å². The Morgan fingerprint density at radius 1 is 1.26 bits per heavy atom. The number of halogens is 5. The van der Waals surface area contributed by atoms with Gasteiger partial charge < -0.3 is 10.8 Å². The van der Waals surface area contributed by atoms with Crippen LogP contribution in [-0.4, -0.2) is 22.1 Å². The molecule has 1 aromatic carbocycles. The molecule has 0 aliphatic heterocycles. The standard InChI is InChI=1S/C9H7F5N2O3/c10-8(11,9(12,13)14)7(15)5-3-4(17)1-2-6(5)16(18)19/h1-3,7,17H,15H2/t7-/m0/s1. The molecular formula is C9H7F5N2O3. The molecule has 19 heavy (non-hydrogen) atoms. The molecule has 0 fully saturated rings. The molecule has 0 saturated heterocycles. The number of rotatable bonds is 3. The number of nitro groups is 1. The van der Waals surface area contributed by atoms with Crippen molar-refractivity contribution >= 4 is 5.69 Å². The Morgan fingerprint density at radius 2 is 1.79 bits per heavy atom. The third-order valence-electron chi connectivity index (χ3n) is 2.31. The Bertz CT molecular complexity index is 503. The van der Waals surface area contributed by atoms with Crippen molar-refractivity contribution in [1.82, 2.24) is 0 Å². The number of nitrogens with two attached hydrogens (primary N) is 1. The summed E-state index contributed by atoms with van der Waals surface area (Å²) in [6, 6.07) is -1.22. The van der Waals surface area contributed by atoms with Crippen LogP contribution in [0.15, 0.2) is 18.2 Å². The highest BCUT2D eigenvalue weighted by Gasteiger charge is 2.62. The third-order valence-corrected chi connectivity index (χ3v) is 2.31. The zero-order valence-electron chi connectivity index (χ0n) is 8.99. The van der Waals surface area contributed by atoms with Crippen molar-refractivity contribution in [2.45, 2.75) is 18.1 Å². The zero-order valence-corrected chi connectivity index (χ0v) is 8.99. The van der Waals surface area contributed by atoms with E-state index in [0.29, 0.717) is 12.1 Å². The smallest absolute Gasteiger partial charge is 0.455 e. The SMILES string of the molecule is N[C@@H](c1cc(O)ccc1[N+](=O)[O-])C(F)(F)C(F)(F)F. The van der Waals surface area contributed by atoms with Crippen LogP contribution in [0.5, 0.6) is 5.75 Å². The largest absolute Gasteiger partial charge is 0.508 e. The summed E-state index contributed by atoms with van der Waals surface area (Å²) in [5.41, 5.74) is 2.64. The molecule has 10 heteroatoms. The van der Waals surface area contributed by atoms with E-state index in [1.165, 1.54) is 0 Å². The van der Waals surface area contributed by atoms with E-state index in [1.807, 2.05) is 0 Å². The van der Waals surface area contributed by atoms with Crippen molar-refractivity contribution in [1.29, 1.82) is 0 Å². The molecule has 1 atom stereocenters. The summed E-state index contributed by atoms with van der Waals surface area (Å²) in [5, 5.41) is 19.6. The molecule has 5 nitrogen and oxygen atoms in total. The lowest BCUT2D eigenvalue weighted by Crippen LogP contribution is -2.46. The first-order valence-electron chi connectivity index (χ1n) is 4.66. The minimum Gasteiger partial charge on any atom is -0.508 e. The second-order valence-corrected chi connectivity index (χ2v) is 3.60. The number of nitro benzene ring substituents is 1. The lowest BCUT2D eigenvalue weighted by molar-refractivity contribution is -0.386. The molecule has 0 spiro atoms. The molecule has 1 rings (SSSR count). The molecule has 0 bridgehead atoms. The van der Waals surface area contributed by atoms with Crippen LogP contribution in [0.2, 0.25) is 0 Å². The van der Waals surface area contributed by atoms with Crippen LogP contribution in [-0.2, 0) is 0 Å². The van der Waals surface area contributed by atoms with Crippen LogP contribution in [0.4, 0.5) is 27.6 Å². The van der Waals surface area contributed by atoms with Crippen LogP contribution < -0.4 is 5.73 Å². The molecule has 106 valence electrons. The Hall–Kier alpha value is -1.97. The summed E-state index contributed by atoms with van der Waals surface area (Å²) in [4.78, 5) is 9.39. The van der Waals surface area contributed by atoms with Gasteiger partial charge in [0.15, 0.2) is 0 Å². The molecule has 1 aromatic rings. The number of phenols is 1. The van der Waals surface area contributed by atoms with Crippen LogP contribution in [0, 0.1) is 10.1 Å². The van der Waals surface area contributed by atoms with Crippen LogP contribution in [0.1, 0.15) is 11.6 Å². The lowest BCUT2D eigenvalue weighted by atomic mass is 9.99. The average molecular weight is 286 g/mol. The predicted octanol–water partition coefficient (Wildman–Crippen LogP) is 2.50. The summed E-state index contributed by atoms with van der Waals surface area (Å²) in [5.74, 6) is -6.08. The Morgan fingerprint density at radius 3 is 2.21 bits per heavy atom. The number of aromatic hydroxyl groups is 1. The summed E-state index contributed by atoms with van der Waals surface area (Å²) < 4.78 is 62.5. The van der Waals surface area contributed by atoms with Crippen molar-refractivity contribution in [3.63, 3.8) is 0 Å². The Balaban J connectivity index is 3.37. The molecule has 0 radical (unpaired) electrons. The molecule has 3 N–H and O–H groups in total. The van der Waals surface area contributed by atoms with Crippen LogP contribution in [0.25, 0.3) is 0 Å². The van der Waals surface area contributed by atoms with E-state index >= 15 is 0 Å². The molecule has 0 aliphatic carbocycles.